The molecule has 0 bridgehead atoms. The molecule has 5 heteroatoms. The molecule has 0 radical (unpaired) electrons. The van der Waals surface area contributed by atoms with Crippen molar-refractivity contribution in [3.05, 3.63) is 63.4 Å². The smallest absolute Gasteiger partial charge is 0.157 e. The Labute approximate surface area is 119 Å². The van der Waals surface area contributed by atoms with Crippen LogP contribution in [0.15, 0.2) is 36.4 Å². The second kappa shape index (κ2) is 5.92. The van der Waals surface area contributed by atoms with Gasteiger partial charge in [-0.25, -0.2) is 4.39 Å². The van der Waals surface area contributed by atoms with Crippen molar-refractivity contribution in [3.63, 3.8) is 0 Å². The molecule has 0 N–H and O–H groups in total. The molecular formula is C14H8Cl2FNO. The molecule has 0 aliphatic carbocycles. The van der Waals surface area contributed by atoms with Crippen LogP contribution in [-0.2, 0) is 6.61 Å². The molecule has 0 aliphatic heterocycles. The molecule has 2 nitrogen and oxygen atoms in total. The number of hydrogen-bond acceptors (Lipinski definition) is 2. The van der Waals surface area contributed by atoms with Gasteiger partial charge in [0.1, 0.15) is 12.4 Å². The third kappa shape index (κ3) is 3.17. The standard InChI is InChI=1S/C14H8Cl2FNO/c15-11-5-9(7-18)6-12(16)14(11)19-8-10-3-1-2-4-13(10)17/h1-6H,8H2. The molecule has 2 rings (SSSR count). The van der Waals surface area contributed by atoms with Crippen molar-refractivity contribution >= 4 is 23.2 Å². The van der Waals surface area contributed by atoms with Crippen molar-refractivity contribution in [1.29, 1.82) is 5.26 Å². The number of ether oxygens (including phenoxy) is 1. The fourth-order valence-electron chi connectivity index (χ4n) is 1.53. The first-order valence-electron chi connectivity index (χ1n) is 5.37. The van der Waals surface area contributed by atoms with E-state index in [4.69, 9.17) is 33.2 Å². The molecule has 0 unspecified atom stereocenters. The Hall–Kier alpha value is -1.76. The Morgan fingerprint density at radius 2 is 1.79 bits per heavy atom. The first-order chi connectivity index (χ1) is 9.11. The van der Waals surface area contributed by atoms with Crippen molar-refractivity contribution in [1.82, 2.24) is 0 Å². The summed E-state index contributed by atoms with van der Waals surface area (Å²) in [5, 5.41) is 9.21. The minimum atomic E-state index is -0.358. The van der Waals surface area contributed by atoms with E-state index in [-0.39, 0.29) is 28.2 Å². The van der Waals surface area contributed by atoms with E-state index >= 15 is 0 Å². The molecule has 0 atom stereocenters. The lowest BCUT2D eigenvalue weighted by atomic mass is 10.2. The van der Waals surface area contributed by atoms with Gasteiger partial charge in [0.05, 0.1) is 21.7 Å². The van der Waals surface area contributed by atoms with Crippen molar-refractivity contribution < 1.29 is 9.13 Å². The fraction of sp³-hybridized carbons (Fsp3) is 0.0714. The van der Waals surface area contributed by atoms with Gasteiger partial charge >= 0.3 is 0 Å². The number of benzene rings is 2. The quantitative estimate of drug-likeness (QED) is 0.830. The highest BCUT2D eigenvalue weighted by Gasteiger charge is 2.11. The molecule has 0 saturated heterocycles. The van der Waals surface area contributed by atoms with Crippen molar-refractivity contribution in [2.45, 2.75) is 6.61 Å². The van der Waals surface area contributed by atoms with Crippen molar-refractivity contribution in [3.8, 4) is 11.8 Å². The highest BCUT2D eigenvalue weighted by atomic mass is 35.5. The highest BCUT2D eigenvalue weighted by Crippen LogP contribution is 2.34. The second-order valence-corrected chi connectivity index (χ2v) is 4.58. The van der Waals surface area contributed by atoms with E-state index in [1.165, 1.54) is 18.2 Å². The van der Waals surface area contributed by atoms with Crippen LogP contribution in [-0.4, -0.2) is 0 Å². The third-order valence-electron chi connectivity index (χ3n) is 2.46. The maximum atomic E-state index is 13.4. The summed E-state index contributed by atoms with van der Waals surface area (Å²) in [4.78, 5) is 0. The van der Waals surface area contributed by atoms with E-state index in [9.17, 15) is 4.39 Å². The summed E-state index contributed by atoms with van der Waals surface area (Å²) in [6, 6.07) is 11.1. The Bertz CT molecular complexity index is 629. The monoisotopic (exact) mass is 295 g/mol. The van der Waals surface area contributed by atoms with E-state index in [0.717, 1.165) is 0 Å². The van der Waals surface area contributed by atoms with Gasteiger partial charge in [-0.15, -0.1) is 0 Å². The first-order valence-corrected chi connectivity index (χ1v) is 6.12. The van der Waals surface area contributed by atoms with Crippen LogP contribution in [0.5, 0.6) is 5.75 Å². The molecule has 19 heavy (non-hydrogen) atoms. The molecule has 0 fully saturated rings. The average Bonchev–Trinajstić information content (AvgIpc) is 2.39. The van der Waals surface area contributed by atoms with Gasteiger partial charge in [-0.1, -0.05) is 41.4 Å². The van der Waals surface area contributed by atoms with Crippen LogP contribution in [0.3, 0.4) is 0 Å². The minimum absolute atomic E-state index is 0.0119. The molecule has 96 valence electrons. The number of rotatable bonds is 3. The topological polar surface area (TPSA) is 33.0 Å². The van der Waals surface area contributed by atoms with Crippen molar-refractivity contribution in [2.75, 3.05) is 0 Å². The summed E-state index contributed by atoms with van der Waals surface area (Å²) in [5.74, 6) is -0.117. The molecule has 0 spiro atoms. The van der Waals surface area contributed by atoms with Gasteiger partial charge in [0.25, 0.3) is 0 Å². The van der Waals surface area contributed by atoms with E-state index in [1.807, 2.05) is 6.07 Å². The SMILES string of the molecule is N#Cc1cc(Cl)c(OCc2ccccc2F)c(Cl)c1. The lowest BCUT2D eigenvalue weighted by Crippen LogP contribution is -1.99. The lowest BCUT2D eigenvalue weighted by Gasteiger charge is -2.10. The Balaban J connectivity index is 2.21. The van der Waals surface area contributed by atoms with E-state index in [1.54, 1.807) is 18.2 Å². The van der Waals surface area contributed by atoms with E-state index in [0.29, 0.717) is 11.1 Å². The fourth-order valence-corrected chi connectivity index (χ4v) is 2.12. The van der Waals surface area contributed by atoms with Gasteiger partial charge in [0.15, 0.2) is 5.75 Å². The number of nitrogens with zero attached hydrogens (tertiary/aromatic N) is 1. The molecule has 0 saturated carbocycles. The van der Waals surface area contributed by atoms with Crippen LogP contribution in [0.1, 0.15) is 11.1 Å². The summed E-state index contributed by atoms with van der Waals surface area (Å²) in [7, 11) is 0. The zero-order chi connectivity index (χ0) is 13.8. The Morgan fingerprint density at radius 1 is 1.16 bits per heavy atom. The Kier molecular flexibility index (Phi) is 4.26. The number of halogens is 3. The molecule has 2 aromatic rings. The molecule has 0 heterocycles. The predicted molar refractivity (Wildman–Crippen MR) is 71.9 cm³/mol. The van der Waals surface area contributed by atoms with Crippen LogP contribution in [0.4, 0.5) is 4.39 Å². The van der Waals surface area contributed by atoms with Gasteiger partial charge in [0.2, 0.25) is 0 Å². The van der Waals surface area contributed by atoms with Crippen LogP contribution < -0.4 is 4.74 Å². The van der Waals surface area contributed by atoms with Gasteiger partial charge < -0.3 is 4.74 Å². The molecule has 2 aromatic carbocycles. The summed E-state index contributed by atoms with van der Waals surface area (Å²) in [5.41, 5.74) is 0.743. The first kappa shape index (κ1) is 13.7. The second-order valence-electron chi connectivity index (χ2n) is 3.76. The zero-order valence-corrected chi connectivity index (χ0v) is 11.2. The highest BCUT2D eigenvalue weighted by molar-refractivity contribution is 6.37. The van der Waals surface area contributed by atoms with Gasteiger partial charge in [-0.3, -0.25) is 0 Å². The van der Waals surface area contributed by atoms with Gasteiger partial charge in [-0.05, 0) is 18.2 Å². The molecule has 0 amide bonds. The predicted octanol–water partition coefficient (Wildman–Crippen LogP) is 4.58. The summed E-state index contributed by atoms with van der Waals surface area (Å²) in [6.07, 6.45) is 0. The van der Waals surface area contributed by atoms with Gasteiger partial charge in [-0.2, -0.15) is 5.26 Å². The van der Waals surface area contributed by atoms with Crippen LogP contribution in [0, 0.1) is 17.1 Å². The number of nitriles is 1. The molecular weight excluding hydrogens is 288 g/mol. The third-order valence-corrected chi connectivity index (χ3v) is 3.02. The molecule has 0 aliphatic rings. The normalized spacial score (nSPS) is 10.0. The van der Waals surface area contributed by atoms with Crippen molar-refractivity contribution in [2.24, 2.45) is 0 Å². The minimum Gasteiger partial charge on any atom is -0.486 e. The van der Waals surface area contributed by atoms with Crippen LogP contribution >= 0.6 is 23.2 Å². The average molecular weight is 296 g/mol. The summed E-state index contributed by atoms with van der Waals surface area (Å²) in [6.45, 7) is 0.0119. The summed E-state index contributed by atoms with van der Waals surface area (Å²) >= 11 is 11.9. The summed E-state index contributed by atoms with van der Waals surface area (Å²) < 4.78 is 18.8. The molecule has 0 aromatic heterocycles. The lowest BCUT2D eigenvalue weighted by molar-refractivity contribution is 0.300. The number of hydrogen-bond donors (Lipinski definition) is 0. The van der Waals surface area contributed by atoms with Crippen LogP contribution in [0.25, 0.3) is 0 Å². The van der Waals surface area contributed by atoms with E-state index in [2.05, 4.69) is 0 Å². The maximum Gasteiger partial charge on any atom is 0.157 e. The van der Waals surface area contributed by atoms with Gasteiger partial charge in [0, 0.05) is 5.56 Å². The zero-order valence-electron chi connectivity index (χ0n) is 9.66. The van der Waals surface area contributed by atoms with Crippen LogP contribution in [0.2, 0.25) is 10.0 Å². The van der Waals surface area contributed by atoms with E-state index < -0.39 is 0 Å². The largest absolute Gasteiger partial charge is 0.486 e. The maximum absolute atomic E-state index is 13.4. The Morgan fingerprint density at radius 3 is 2.37 bits per heavy atom.